The van der Waals surface area contributed by atoms with Crippen molar-refractivity contribution in [3.63, 3.8) is 0 Å². The number of hydrazine groups is 2. The number of likely N-dealkylation sites (N-methyl/N-ethyl adjacent to an activating group) is 4. The molecule has 0 radical (unpaired) electrons. The number of H-pyrrole nitrogens is 1. The number of rotatable bonds is 3. The van der Waals surface area contributed by atoms with Gasteiger partial charge >= 0.3 is 0 Å². The van der Waals surface area contributed by atoms with E-state index >= 15 is 0 Å². The zero-order valence-corrected chi connectivity index (χ0v) is 22.3. The largest absolute Gasteiger partial charge is 0.401 e. The van der Waals surface area contributed by atoms with Gasteiger partial charge in [-0.3, -0.25) is 0 Å². The molecule has 0 saturated carbocycles. The predicted molar refractivity (Wildman–Crippen MR) is 156 cm³/mol. The zero-order valence-electron chi connectivity index (χ0n) is 22.3. The van der Waals surface area contributed by atoms with Gasteiger partial charge in [-0.2, -0.15) is 0 Å². The summed E-state index contributed by atoms with van der Waals surface area (Å²) in [6.45, 7) is 10.1. The van der Waals surface area contributed by atoms with Gasteiger partial charge in [0, 0.05) is 75.5 Å². The van der Waals surface area contributed by atoms with Crippen LogP contribution in [0.4, 0.5) is 0 Å². The van der Waals surface area contributed by atoms with Gasteiger partial charge in [-0.15, -0.1) is 0 Å². The minimum atomic E-state index is 0. The number of nitrogens with zero attached hydrogens (tertiary/aromatic N) is 6. The highest BCUT2D eigenvalue weighted by molar-refractivity contribution is 5.76. The van der Waals surface area contributed by atoms with E-state index < -0.39 is 0 Å². The van der Waals surface area contributed by atoms with Crippen LogP contribution in [-0.2, 0) is 6.54 Å². The first-order valence-electron chi connectivity index (χ1n) is 11.9. The van der Waals surface area contributed by atoms with Gasteiger partial charge in [0.1, 0.15) is 5.65 Å². The molecule has 2 aromatic rings. The van der Waals surface area contributed by atoms with Gasteiger partial charge in [-0.1, -0.05) is 21.8 Å². The average Bonchev–Trinajstić information content (AvgIpc) is 3.18. The number of hydrogen-bond acceptors (Lipinski definition) is 8. The first-order chi connectivity index (χ1) is 16.0. The maximum atomic E-state index is 5.67. The lowest BCUT2D eigenvalue weighted by atomic mass is 10.2. The fourth-order valence-electron chi connectivity index (χ4n) is 3.82. The van der Waals surface area contributed by atoms with Crippen LogP contribution in [0.3, 0.4) is 0 Å². The van der Waals surface area contributed by atoms with Crippen LogP contribution in [0.15, 0.2) is 47.9 Å². The van der Waals surface area contributed by atoms with E-state index in [0.717, 1.165) is 43.2 Å². The Balaban J connectivity index is 0.000000508. The highest BCUT2D eigenvalue weighted by atomic mass is 15.6. The number of hydrogen-bond donors (Lipinski definition) is 3. The Morgan fingerprint density at radius 3 is 1.89 bits per heavy atom. The second-order valence-electron chi connectivity index (χ2n) is 9.31. The molecule has 2 aliphatic heterocycles. The number of pyridine rings is 1. The van der Waals surface area contributed by atoms with E-state index in [1.165, 1.54) is 11.1 Å². The Morgan fingerprint density at radius 2 is 1.47 bits per heavy atom. The summed E-state index contributed by atoms with van der Waals surface area (Å²) in [5, 5.41) is 9.74. The molecule has 206 valence electrons. The van der Waals surface area contributed by atoms with Gasteiger partial charge in [-0.25, -0.2) is 25.0 Å². The van der Waals surface area contributed by atoms with Crippen molar-refractivity contribution in [3.8, 4) is 0 Å². The SMILES string of the molecule is C.C.CC1C=C(N)CN(C)N1C.CC1C=C(N)CN(C)N1C.CCN(C)Cc1cc2cccnc2[nH]1. The molecule has 0 aromatic carbocycles. The number of nitrogens with one attached hydrogen (secondary N) is 1. The quantitative estimate of drug-likeness (QED) is 0.587. The Kier molecular flexibility index (Phi) is 14.6. The van der Waals surface area contributed by atoms with Gasteiger partial charge in [0.25, 0.3) is 0 Å². The van der Waals surface area contributed by atoms with Crippen molar-refractivity contribution < 1.29 is 0 Å². The molecule has 0 fully saturated rings. The number of aromatic nitrogens is 2. The highest BCUT2D eigenvalue weighted by Crippen LogP contribution is 2.13. The van der Waals surface area contributed by atoms with Gasteiger partial charge in [0.15, 0.2) is 0 Å². The summed E-state index contributed by atoms with van der Waals surface area (Å²) in [4.78, 5) is 9.82. The molecule has 0 spiro atoms. The fraction of sp³-hybridized carbons (Fsp3) is 0.593. The number of nitrogens with two attached hydrogens (primary N) is 2. The normalized spacial score (nSPS) is 21.2. The Labute approximate surface area is 220 Å². The van der Waals surface area contributed by atoms with Crippen LogP contribution < -0.4 is 11.5 Å². The molecule has 0 saturated heterocycles. The Morgan fingerprint density at radius 1 is 0.972 bits per heavy atom. The maximum Gasteiger partial charge on any atom is 0.137 e. The summed E-state index contributed by atoms with van der Waals surface area (Å²) in [7, 11) is 10.3. The molecule has 2 atom stereocenters. The Bertz CT molecular complexity index is 883. The van der Waals surface area contributed by atoms with Crippen LogP contribution in [0.5, 0.6) is 0 Å². The predicted octanol–water partition coefficient (Wildman–Crippen LogP) is 3.31. The summed E-state index contributed by atoms with van der Waals surface area (Å²) in [6, 6.07) is 7.06. The smallest absolute Gasteiger partial charge is 0.137 e. The first-order valence-corrected chi connectivity index (χ1v) is 11.9. The van der Waals surface area contributed by atoms with Crippen molar-refractivity contribution >= 4 is 11.0 Å². The van der Waals surface area contributed by atoms with Crippen LogP contribution >= 0.6 is 0 Å². The molecule has 5 N–H and O–H groups in total. The lowest BCUT2D eigenvalue weighted by Crippen LogP contribution is -2.47. The average molecular weight is 504 g/mol. The highest BCUT2D eigenvalue weighted by Gasteiger charge is 2.18. The van der Waals surface area contributed by atoms with E-state index in [2.05, 4.69) is 101 Å². The molecular formula is C27H53N9. The van der Waals surface area contributed by atoms with Gasteiger partial charge in [0.05, 0.1) is 13.1 Å². The summed E-state index contributed by atoms with van der Waals surface area (Å²) in [5.74, 6) is 0. The molecule has 9 heteroatoms. The molecule has 36 heavy (non-hydrogen) atoms. The lowest BCUT2D eigenvalue weighted by Gasteiger charge is -2.36. The van der Waals surface area contributed by atoms with Crippen LogP contribution in [0.1, 0.15) is 41.3 Å². The first kappa shape index (κ1) is 33.6. The molecule has 4 rings (SSSR count). The Hall–Kier alpha value is -2.43. The van der Waals surface area contributed by atoms with Crippen LogP contribution in [0.25, 0.3) is 11.0 Å². The molecule has 0 bridgehead atoms. The van der Waals surface area contributed by atoms with Crippen molar-refractivity contribution in [1.29, 1.82) is 0 Å². The second kappa shape index (κ2) is 15.6. The van der Waals surface area contributed by atoms with Gasteiger partial charge < -0.3 is 21.4 Å². The van der Waals surface area contributed by atoms with Crippen molar-refractivity contribution in [3.05, 3.63) is 53.6 Å². The summed E-state index contributed by atoms with van der Waals surface area (Å²) < 4.78 is 0. The minimum absolute atomic E-state index is 0. The minimum Gasteiger partial charge on any atom is -0.401 e. The van der Waals surface area contributed by atoms with E-state index in [0.29, 0.717) is 12.1 Å². The van der Waals surface area contributed by atoms with E-state index in [-0.39, 0.29) is 14.9 Å². The van der Waals surface area contributed by atoms with E-state index in [9.17, 15) is 0 Å². The molecule has 2 aromatic heterocycles. The summed E-state index contributed by atoms with van der Waals surface area (Å²) in [6.07, 6.45) is 5.98. The van der Waals surface area contributed by atoms with Crippen molar-refractivity contribution in [2.75, 3.05) is 54.9 Å². The summed E-state index contributed by atoms with van der Waals surface area (Å²) >= 11 is 0. The van der Waals surface area contributed by atoms with Crippen LogP contribution in [-0.4, -0.2) is 102 Å². The van der Waals surface area contributed by atoms with Gasteiger partial charge in [0.2, 0.25) is 0 Å². The standard InChI is InChI=1S/C11H15N3.2C7H15N3.2CH4/c1-3-14(2)8-10-7-9-5-4-6-12-11(9)13-10;2*1-6-4-7(8)5-9(2)10(6)3;;/h4-7H,3,8H2,1-2H3,(H,12,13);2*4,6H,5,8H2,1-3H3;2*1H4. The fourth-order valence-corrected chi connectivity index (χ4v) is 3.82. The van der Waals surface area contributed by atoms with Crippen molar-refractivity contribution in [2.45, 2.75) is 54.3 Å². The molecule has 0 amide bonds. The third kappa shape index (κ3) is 9.91. The second-order valence-corrected chi connectivity index (χ2v) is 9.31. The third-order valence-corrected chi connectivity index (χ3v) is 6.42. The molecule has 2 unspecified atom stereocenters. The van der Waals surface area contributed by atoms with E-state index in [1.807, 2.05) is 26.4 Å². The van der Waals surface area contributed by atoms with Crippen LogP contribution in [0, 0.1) is 0 Å². The van der Waals surface area contributed by atoms with Gasteiger partial charge in [-0.05, 0) is 57.8 Å². The van der Waals surface area contributed by atoms with Crippen LogP contribution in [0.2, 0.25) is 0 Å². The molecule has 9 nitrogen and oxygen atoms in total. The monoisotopic (exact) mass is 503 g/mol. The summed E-state index contributed by atoms with van der Waals surface area (Å²) in [5.41, 5.74) is 15.5. The van der Waals surface area contributed by atoms with Crippen molar-refractivity contribution in [1.82, 2.24) is 34.9 Å². The lowest BCUT2D eigenvalue weighted by molar-refractivity contribution is 0.00627. The molecule has 0 aliphatic carbocycles. The molecule has 4 heterocycles. The third-order valence-electron chi connectivity index (χ3n) is 6.42. The zero-order chi connectivity index (χ0) is 25.4. The van der Waals surface area contributed by atoms with Crippen molar-refractivity contribution in [2.24, 2.45) is 11.5 Å². The van der Waals surface area contributed by atoms with E-state index in [4.69, 9.17) is 11.5 Å². The number of fused-ring (bicyclic) bond motifs is 1. The maximum absolute atomic E-state index is 5.67. The molecular weight excluding hydrogens is 450 g/mol. The molecule has 2 aliphatic rings. The number of aromatic amines is 1. The van der Waals surface area contributed by atoms with E-state index in [1.54, 1.807) is 0 Å². The topological polar surface area (TPSA) is 96.9 Å².